The molecule has 2 aromatic rings. The standard InChI is InChI=1S/C21H27F2N5O4S.H2/c1-2-9-33(29,30)27-19-4-3-17(22)21(20(19)23)28(25)13-18(24)14-10-16(12-26-11-14)32-15-5-7-31-8-6-15;/h3-4,10-13,15,27H,2,5-9,24-25H2,1H3;1H/b18-13-;. The van der Waals surface area contributed by atoms with Gasteiger partial charge in [0.15, 0.2) is 11.6 Å². The number of hydrazine groups is 1. The molecule has 0 bridgehead atoms. The molecule has 0 amide bonds. The van der Waals surface area contributed by atoms with E-state index in [9.17, 15) is 17.2 Å². The van der Waals surface area contributed by atoms with Crippen LogP contribution in [0.25, 0.3) is 5.70 Å². The summed E-state index contributed by atoms with van der Waals surface area (Å²) in [5, 5.41) is 0.656. The van der Waals surface area contributed by atoms with Gasteiger partial charge in [-0.05, 0) is 24.6 Å². The number of ether oxygens (including phenoxy) is 2. The van der Waals surface area contributed by atoms with E-state index in [0.717, 1.165) is 31.2 Å². The SMILES string of the molecule is CCCS(=O)(=O)Nc1ccc(F)c(N(N)/C=C(\N)c2cncc(OC3CCOCC3)c2)c1F.[HH]. The number of pyridine rings is 1. The molecule has 0 unspecified atom stereocenters. The molecule has 1 aromatic carbocycles. The molecule has 9 nitrogen and oxygen atoms in total. The average Bonchev–Trinajstić information content (AvgIpc) is 2.76. The van der Waals surface area contributed by atoms with E-state index < -0.39 is 33.0 Å². The fraction of sp³-hybridized carbons (Fsp3) is 0.381. The lowest BCUT2D eigenvalue weighted by Crippen LogP contribution is -2.28. The molecule has 0 radical (unpaired) electrons. The van der Waals surface area contributed by atoms with Crippen LogP contribution in [0, 0.1) is 11.6 Å². The maximum atomic E-state index is 14.9. The molecule has 1 saturated heterocycles. The smallest absolute Gasteiger partial charge is 0.232 e. The molecular formula is C21H29F2N5O4S. The number of hydrogen-bond donors (Lipinski definition) is 3. The molecule has 182 valence electrons. The lowest BCUT2D eigenvalue weighted by Gasteiger charge is -2.23. The molecule has 3 rings (SSSR count). The van der Waals surface area contributed by atoms with Crippen LogP contribution in [-0.2, 0) is 14.8 Å². The first-order valence-electron chi connectivity index (χ1n) is 10.4. The van der Waals surface area contributed by atoms with Gasteiger partial charge in [0.25, 0.3) is 0 Å². The second-order valence-corrected chi connectivity index (χ2v) is 9.35. The van der Waals surface area contributed by atoms with Crippen LogP contribution in [0.5, 0.6) is 5.75 Å². The highest BCUT2D eigenvalue weighted by molar-refractivity contribution is 7.92. The molecule has 0 atom stereocenters. The predicted octanol–water partition coefficient (Wildman–Crippen LogP) is 2.95. The summed E-state index contributed by atoms with van der Waals surface area (Å²) in [6.07, 6.45) is 5.94. The van der Waals surface area contributed by atoms with Gasteiger partial charge in [0, 0.05) is 32.2 Å². The zero-order valence-corrected chi connectivity index (χ0v) is 18.9. The van der Waals surface area contributed by atoms with Gasteiger partial charge in [0.05, 0.1) is 36.5 Å². The molecular weight excluding hydrogens is 456 g/mol. The normalized spacial score (nSPS) is 15.3. The molecule has 2 heterocycles. The summed E-state index contributed by atoms with van der Waals surface area (Å²) < 4.78 is 66.6. The molecule has 0 aliphatic carbocycles. The van der Waals surface area contributed by atoms with Gasteiger partial charge >= 0.3 is 0 Å². The predicted molar refractivity (Wildman–Crippen MR) is 124 cm³/mol. The Kier molecular flexibility index (Phi) is 8.06. The molecule has 1 aliphatic heterocycles. The molecule has 0 spiro atoms. The van der Waals surface area contributed by atoms with E-state index in [1.165, 1.54) is 12.4 Å². The molecule has 1 fully saturated rings. The van der Waals surface area contributed by atoms with Crippen molar-refractivity contribution in [3.8, 4) is 5.75 Å². The maximum Gasteiger partial charge on any atom is 0.232 e. The summed E-state index contributed by atoms with van der Waals surface area (Å²) in [6, 6.07) is 3.55. The van der Waals surface area contributed by atoms with Crippen molar-refractivity contribution in [2.24, 2.45) is 11.6 Å². The Balaban J connectivity index is 0.00000408. The van der Waals surface area contributed by atoms with Gasteiger partial charge in [0.2, 0.25) is 10.0 Å². The Hall–Kier alpha value is -2.96. The third-order valence-corrected chi connectivity index (χ3v) is 6.34. The van der Waals surface area contributed by atoms with E-state index in [0.29, 0.717) is 36.0 Å². The van der Waals surface area contributed by atoms with E-state index in [-0.39, 0.29) is 19.0 Å². The van der Waals surface area contributed by atoms with Crippen molar-refractivity contribution < 1.29 is 28.1 Å². The van der Waals surface area contributed by atoms with Crippen molar-refractivity contribution in [1.82, 2.24) is 4.98 Å². The Morgan fingerprint density at radius 1 is 1.36 bits per heavy atom. The number of anilines is 2. The minimum atomic E-state index is -3.79. The molecule has 1 aromatic heterocycles. The lowest BCUT2D eigenvalue weighted by atomic mass is 10.1. The number of aromatic nitrogens is 1. The van der Waals surface area contributed by atoms with E-state index in [2.05, 4.69) is 9.71 Å². The van der Waals surface area contributed by atoms with Crippen LogP contribution in [-0.4, -0.2) is 38.5 Å². The van der Waals surface area contributed by atoms with Gasteiger partial charge in [-0.2, -0.15) is 0 Å². The van der Waals surface area contributed by atoms with Gasteiger partial charge in [-0.25, -0.2) is 23.0 Å². The summed E-state index contributed by atoms with van der Waals surface area (Å²) in [5.74, 6) is 3.98. The zero-order chi connectivity index (χ0) is 24.0. The van der Waals surface area contributed by atoms with Crippen LogP contribution in [0.15, 0.2) is 36.8 Å². The number of rotatable bonds is 9. The van der Waals surface area contributed by atoms with Crippen molar-refractivity contribution in [2.45, 2.75) is 32.3 Å². The first-order chi connectivity index (χ1) is 15.7. The first-order valence-corrected chi connectivity index (χ1v) is 12.0. The minimum Gasteiger partial charge on any atom is -0.489 e. The van der Waals surface area contributed by atoms with Gasteiger partial charge in [0.1, 0.15) is 17.5 Å². The highest BCUT2D eigenvalue weighted by Crippen LogP contribution is 2.29. The third-order valence-electron chi connectivity index (χ3n) is 4.86. The number of halogens is 2. The van der Waals surface area contributed by atoms with Crippen molar-refractivity contribution in [3.05, 3.63) is 54.0 Å². The van der Waals surface area contributed by atoms with Crippen LogP contribution in [0.1, 0.15) is 33.2 Å². The third kappa shape index (κ3) is 6.53. The quantitative estimate of drug-likeness (QED) is 0.365. The van der Waals surface area contributed by atoms with Crippen LogP contribution in [0.4, 0.5) is 20.2 Å². The largest absolute Gasteiger partial charge is 0.489 e. The van der Waals surface area contributed by atoms with E-state index in [4.69, 9.17) is 21.1 Å². The summed E-state index contributed by atoms with van der Waals surface area (Å²) in [6.45, 7) is 2.90. The van der Waals surface area contributed by atoms with Crippen LogP contribution in [0.3, 0.4) is 0 Å². The molecule has 12 heteroatoms. The Labute approximate surface area is 192 Å². The minimum absolute atomic E-state index is 0. The zero-order valence-electron chi connectivity index (χ0n) is 18.1. The Morgan fingerprint density at radius 2 is 2.09 bits per heavy atom. The van der Waals surface area contributed by atoms with Crippen molar-refractivity contribution in [1.29, 1.82) is 0 Å². The maximum absolute atomic E-state index is 14.9. The summed E-state index contributed by atoms with van der Waals surface area (Å²) in [7, 11) is -3.79. The van der Waals surface area contributed by atoms with Gasteiger partial charge in [-0.3, -0.25) is 14.7 Å². The van der Waals surface area contributed by atoms with Gasteiger partial charge < -0.3 is 15.2 Å². The molecule has 5 N–H and O–H groups in total. The number of nitrogens with one attached hydrogen (secondary N) is 1. The average molecular weight is 486 g/mol. The molecule has 1 aliphatic rings. The molecule has 33 heavy (non-hydrogen) atoms. The van der Waals surface area contributed by atoms with E-state index in [1.54, 1.807) is 13.0 Å². The highest BCUT2D eigenvalue weighted by atomic mass is 32.2. The highest BCUT2D eigenvalue weighted by Gasteiger charge is 2.21. The lowest BCUT2D eigenvalue weighted by molar-refractivity contribution is 0.0254. The fourth-order valence-electron chi connectivity index (χ4n) is 3.26. The Bertz CT molecular complexity index is 1110. The van der Waals surface area contributed by atoms with Crippen molar-refractivity contribution in [2.75, 3.05) is 28.7 Å². The van der Waals surface area contributed by atoms with Crippen molar-refractivity contribution >= 4 is 27.1 Å². The van der Waals surface area contributed by atoms with Crippen LogP contribution >= 0.6 is 0 Å². The van der Waals surface area contributed by atoms with E-state index in [1.807, 2.05) is 0 Å². The monoisotopic (exact) mass is 485 g/mol. The topological polar surface area (TPSA) is 133 Å². The number of nitrogens with zero attached hydrogens (tertiary/aromatic N) is 2. The number of benzene rings is 1. The number of nitrogens with two attached hydrogens (primary N) is 2. The second-order valence-electron chi connectivity index (χ2n) is 7.51. The van der Waals surface area contributed by atoms with Crippen LogP contribution in [0.2, 0.25) is 0 Å². The fourth-order valence-corrected chi connectivity index (χ4v) is 4.39. The first kappa shape index (κ1) is 24.7. The molecule has 0 saturated carbocycles. The summed E-state index contributed by atoms with van der Waals surface area (Å²) in [5.41, 5.74) is 5.49. The van der Waals surface area contributed by atoms with Gasteiger partial charge in [-0.15, -0.1) is 0 Å². The summed E-state index contributed by atoms with van der Waals surface area (Å²) >= 11 is 0. The van der Waals surface area contributed by atoms with Crippen molar-refractivity contribution in [3.63, 3.8) is 0 Å². The summed E-state index contributed by atoms with van der Waals surface area (Å²) in [4.78, 5) is 4.10. The Morgan fingerprint density at radius 3 is 2.79 bits per heavy atom. The number of hydrogen-bond acceptors (Lipinski definition) is 8. The van der Waals surface area contributed by atoms with E-state index >= 15 is 0 Å². The van der Waals surface area contributed by atoms with Crippen LogP contribution < -0.4 is 26.0 Å². The number of sulfonamides is 1. The van der Waals surface area contributed by atoms with Gasteiger partial charge in [-0.1, -0.05) is 6.92 Å². The second kappa shape index (κ2) is 10.8.